The number of ether oxygens (including phenoxy) is 1. The Labute approximate surface area is 133 Å². The Kier molecular flexibility index (Phi) is 7.67. The van der Waals surface area contributed by atoms with Gasteiger partial charge in [0.15, 0.2) is 0 Å². The van der Waals surface area contributed by atoms with E-state index < -0.39 is 0 Å². The molecule has 1 rings (SSSR count). The fraction of sp³-hybridized carbons (Fsp3) is 0.500. The average molecular weight is 305 g/mol. The summed E-state index contributed by atoms with van der Waals surface area (Å²) < 4.78 is 5.57. The second-order valence-electron chi connectivity index (χ2n) is 6.00. The maximum atomic E-state index is 11.7. The molecule has 1 aromatic carbocycles. The maximum Gasteiger partial charge on any atom is 0.244 e. The molecule has 1 amide bonds. The molecule has 0 radical (unpaired) electrons. The van der Waals surface area contributed by atoms with Gasteiger partial charge in [0.05, 0.1) is 12.2 Å². The number of hydrogen-bond acceptors (Lipinski definition) is 3. The zero-order valence-electron chi connectivity index (χ0n) is 13.9. The molecule has 0 heterocycles. The van der Waals surface area contributed by atoms with Gasteiger partial charge >= 0.3 is 0 Å². The van der Waals surface area contributed by atoms with Gasteiger partial charge in [-0.1, -0.05) is 19.1 Å². The average Bonchev–Trinajstić information content (AvgIpc) is 2.43. The van der Waals surface area contributed by atoms with Gasteiger partial charge in [-0.15, -0.1) is 0 Å². The highest BCUT2D eigenvalue weighted by atomic mass is 16.5. The molecule has 22 heavy (non-hydrogen) atoms. The number of hydrogen-bond donors (Lipinski definition) is 2. The Morgan fingerprint density at radius 2 is 1.86 bits per heavy atom. The highest BCUT2D eigenvalue weighted by molar-refractivity contribution is 5.91. The summed E-state index contributed by atoms with van der Waals surface area (Å²) in [6, 6.07) is 7.61. The Morgan fingerprint density at radius 1 is 1.23 bits per heavy atom. The SMILES string of the molecule is CC(O)CC(C)CNC(=O)C=Cc1ccc(OC(C)C)cc1. The van der Waals surface area contributed by atoms with Crippen LogP contribution in [0.1, 0.15) is 39.7 Å². The van der Waals surface area contributed by atoms with Crippen molar-refractivity contribution in [3.8, 4) is 5.75 Å². The minimum absolute atomic E-state index is 0.125. The van der Waals surface area contributed by atoms with Crippen LogP contribution < -0.4 is 10.1 Å². The van der Waals surface area contributed by atoms with Crippen LogP contribution in [0.3, 0.4) is 0 Å². The van der Waals surface area contributed by atoms with Gasteiger partial charge in [-0.3, -0.25) is 4.79 Å². The van der Waals surface area contributed by atoms with E-state index in [1.807, 2.05) is 45.0 Å². The van der Waals surface area contributed by atoms with Crippen molar-refractivity contribution in [1.29, 1.82) is 0 Å². The highest BCUT2D eigenvalue weighted by Gasteiger charge is 2.06. The zero-order valence-corrected chi connectivity index (χ0v) is 13.9. The molecular formula is C18H27NO3. The van der Waals surface area contributed by atoms with Crippen molar-refractivity contribution in [3.05, 3.63) is 35.9 Å². The third-order valence-corrected chi connectivity index (χ3v) is 3.05. The Balaban J connectivity index is 2.42. The molecule has 0 spiro atoms. The molecule has 0 aliphatic rings. The van der Waals surface area contributed by atoms with E-state index in [0.29, 0.717) is 13.0 Å². The second kappa shape index (κ2) is 9.26. The molecule has 0 aliphatic carbocycles. The number of aliphatic hydroxyl groups is 1. The number of amides is 1. The third-order valence-electron chi connectivity index (χ3n) is 3.05. The molecule has 0 aromatic heterocycles. The van der Waals surface area contributed by atoms with Crippen molar-refractivity contribution in [2.45, 2.75) is 46.3 Å². The Morgan fingerprint density at radius 3 is 2.41 bits per heavy atom. The van der Waals surface area contributed by atoms with Crippen LogP contribution in [0.5, 0.6) is 5.75 Å². The van der Waals surface area contributed by atoms with Gasteiger partial charge in [-0.2, -0.15) is 0 Å². The minimum atomic E-state index is -0.339. The van der Waals surface area contributed by atoms with E-state index >= 15 is 0 Å². The normalized spacial score (nSPS) is 14.1. The smallest absolute Gasteiger partial charge is 0.244 e. The molecule has 0 aliphatic heterocycles. The number of carbonyl (C=O) groups excluding carboxylic acids is 1. The van der Waals surface area contributed by atoms with E-state index in [0.717, 1.165) is 11.3 Å². The maximum absolute atomic E-state index is 11.7. The van der Waals surface area contributed by atoms with E-state index in [1.54, 1.807) is 13.0 Å². The van der Waals surface area contributed by atoms with Gasteiger partial charge < -0.3 is 15.2 Å². The van der Waals surface area contributed by atoms with Gasteiger partial charge in [0, 0.05) is 12.6 Å². The van der Waals surface area contributed by atoms with Gasteiger partial charge in [-0.05, 0) is 56.9 Å². The monoisotopic (exact) mass is 305 g/mol. The van der Waals surface area contributed by atoms with Gasteiger partial charge in [0.25, 0.3) is 0 Å². The molecule has 0 fully saturated rings. The minimum Gasteiger partial charge on any atom is -0.491 e. The predicted molar refractivity (Wildman–Crippen MR) is 89.7 cm³/mol. The van der Waals surface area contributed by atoms with Crippen LogP contribution in [0.15, 0.2) is 30.3 Å². The molecule has 2 N–H and O–H groups in total. The Hall–Kier alpha value is -1.81. The molecule has 0 bridgehead atoms. The summed E-state index contributed by atoms with van der Waals surface area (Å²) in [6.07, 6.45) is 3.78. The lowest BCUT2D eigenvalue weighted by Crippen LogP contribution is -2.27. The lowest BCUT2D eigenvalue weighted by atomic mass is 10.0. The molecule has 0 saturated heterocycles. The number of benzene rings is 1. The van der Waals surface area contributed by atoms with Gasteiger partial charge in [-0.25, -0.2) is 0 Å². The quantitative estimate of drug-likeness (QED) is 0.726. The highest BCUT2D eigenvalue weighted by Crippen LogP contribution is 2.14. The van der Waals surface area contributed by atoms with E-state index in [1.165, 1.54) is 6.08 Å². The number of aliphatic hydroxyl groups excluding tert-OH is 1. The van der Waals surface area contributed by atoms with E-state index in [4.69, 9.17) is 4.74 Å². The van der Waals surface area contributed by atoms with Crippen molar-refractivity contribution < 1.29 is 14.6 Å². The first-order valence-electron chi connectivity index (χ1n) is 7.77. The molecule has 4 nitrogen and oxygen atoms in total. The number of rotatable bonds is 8. The summed E-state index contributed by atoms with van der Waals surface area (Å²) in [7, 11) is 0. The van der Waals surface area contributed by atoms with E-state index in [2.05, 4.69) is 5.32 Å². The fourth-order valence-electron chi connectivity index (χ4n) is 2.10. The molecule has 2 atom stereocenters. The number of carbonyl (C=O) groups is 1. The molecule has 2 unspecified atom stereocenters. The van der Waals surface area contributed by atoms with E-state index in [-0.39, 0.29) is 24.0 Å². The second-order valence-corrected chi connectivity index (χ2v) is 6.00. The van der Waals surface area contributed by atoms with Crippen molar-refractivity contribution >= 4 is 12.0 Å². The van der Waals surface area contributed by atoms with Crippen molar-refractivity contribution in [2.24, 2.45) is 5.92 Å². The lowest BCUT2D eigenvalue weighted by Gasteiger charge is -2.13. The first kappa shape index (κ1) is 18.2. The molecular weight excluding hydrogens is 278 g/mol. The summed E-state index contributed by atoms with van der Waals surface area (Å²) in [6.45, 7) is 8.29. The summed E-state index contributed by atoms with van der Waals surface area (Å²) >= 11 is 0. The third kappa shape index (κ3) is 7.84. The van der Waals surface area contributed by atoms with Crippen LogP contribution in [0.4, 0.5) is 0 Å². The van der Waals surface area contributed by atoms with Crippen LogP contribution in [-0.2, 0) is 4.79 Å². The van der Waals surface area contributed by atoms with Crippen LogP contribution in [0, 0.1) is 5.92 Å². The molecule has 1 aromatic rings. The standard InChI is InChI=1S/C18H27NO3/c1-13(2)22-17-8-5-16(6-9-17)7-10-18(21)19-12-14(3)11-15(4)20/h5-10,13-15,20H,11-12H2,1-4H3,(H,19,21). The molecule has 122 valence electrons. The van der Waals surface area contributed by atoms with Crippen LogP contribution >= 0.6 is 0 Å². The summed E-state index contributed by atoms with van der Waals surface area (Å²) in [5.41, 5.74) is 0.947. The molecule has 0 saturated carbocycles. The van der Waals surface area contributed by atoms with Gasteiger partial charge in [0.1, 0.15) is 5.75 Å². The summed E-state index contributed by atoms with van der Waals surface area (Å²) in [5, 5.41) is 12.1. The van der Waals surface area contributed by atoms with Crippen LogP contribution in [0.2, 0.25) is 0 Å². The zero-order chi connectivity index (χ0) is 16.5. The topological polar surface area (TPSA) is 58.6 Å². The van der Waals surface area contributed by atoms with Crippen LogP contribution in [-0.4, -0.2) is 29.8 Å². The van der Waals surface area contributed by atoms with Crippen molar-refractivity contribution in [2.75, 3.05) is 6.54 Å². The van der Waals surface area contributed by atoms with E-state index in [9.17, 15) is 9.90 Å². The van der Waals surface area contributed by atoms with Crippen molar-refractivity contribution in [3.63, 3.8) is 0 Å². The Bertz CT molecular complexity index is 478. The molecule has 4 heteroatoms. The fourth-order valence-corrected chi connectivity index (χ4v) is 2.10. The largest absolute Gasteiger partial charge is 0.491 e. The van der Waals surface area contributed by atoms with Crippen LogP contribution in [0.25, 0.3) is 6.08 Å². The predicted octanol–water partition coefficient (Wildman–Crippen LogP) is 3.01. The lowest BCUT2D eigenvalue weighted by molar-refractivity contribution is -0.116. The first-order chi connectivity index (χ1) is 10.4. The number of nitrogens with one attached hydrogen (secondary N) is 1. The first-order valence-corrected chi connectivity index (χ1v) is 7.77. The van der Waals surface area contributed by atoms with Gasteiger partial charge in [0.2, 0.25) is 5.91 Å². The summed E-state index contributed by atoms with van der Waals surface area (Å²) in [5.74, 6) is 0.952. The van der Waals surface area contributed by atoms with Crippen molar-refractivity contribution in [1.82, 2.24) is 5.32 Å². The summed E-state index contributed by atoms with van der Waals surface area (Å²) in [4.78, 5) is 11.7.